The Morgan fingerprint density at radius 1 is 1.29 bits per heavy atom. The number of benzene rings is 1. The number of carbonyl (C=O) groups is 1. The number of nitrogens with zero attached hydrogens (tertiary/aromatic N) is 2. The van der Waals surface area contributed by atoms with Crippen molar-refractivity contribution in [3.63, 3.8) is 0 Å². The number of hydrogen-bond acceptors (Lipinski definition) is 4. The highest BCUT2D eigenvalue weighted by molar-refractivity contribution is 5.77. The van der Waals surface area contributed by atoms with Crippen molar-refractivity contribution in [2.45, 2.75) is 6.42 Å². The summed E-state index contributed by atoms with van der Waals surface area (Å²) in [5.41, 5.74) is 0.538. The lowest BCUT2D eigenvalue weighted by molar-refractivity contribution is -0.123. The van der Waals surface area contributed by atoms with Gasteiger partial charge in [0.25, 0.3) is 5.91 Å². The molecule has 17 heavy (non-hydrogen) atoms. The highest BCUT2D eigenvalue weighted by Gasteiger charge is 2.01. The van der Waals surface area contributed by atoms with E-state index in [-0.39, 0.29) is 18.9 Å². The second-order valence-electron chi connectivity index (χ2n) is 3.18. The Morgan fingerprint density at radius 3 is 2.59 bits per heavy atom. The zero-order chi connectivity index (χ0) is 12.5. The maximum atomic E-state index is 11.2. The standard InChI is InChI=1S/C12H11N3O2/c13-6-1-7-15-12(16)9-17-11-4-2-10(8-14)3-5-11/h2-5H,1,7,9H2,(H,15,16). The van der Waals surface area contributed by atoms with Crippen LogP contribution in [0.3, 0.4) is 0 Å². The van der Waals surface area contributed by atoms with Crippen LogP contribution in [0.1, 0.15) is 12.0 Å². The van der Waals surface area contributed by atoms with Crippen molar-refractivity contribution in [3.05, 3.63) is 29.8 Å². The molecule has 0 bridgehead atoms. The van der Waals surface area contributed by atoms with Gasteiger partial charge in [-0.05, 0) is 24.3 Å². The van der Waals surface area contributed by atoms with Crippen LogP contribution in [0.2, 0.25) is 0 Å². The molecule has 0 aliphatic carbocycles. The molecule has 0 aliphatic heterocycles. The average Bonchev–Trinajstić information content (AvgIpc) is 2.37. The molecule has 1 aromatic carbocycles. The molecule has 1 aromatic rings. The van der Waals surface area contributed by atoms with Crippen molar-refractivity contribution in [1.29, 1.82) is 10.5 Å². The lowest BCUT2D eigenvalue weighted by Gasteiger charge is -2.06. The molecule has 5 heteroatoms. The SMILES string of the molecule is N#CCCNC(=O)COc1ccc(C#N)cc1. The minimum atomic E-state index is -0.274. The van der Waals surface area contributed by atoms with E-state index in [0.717, 1.165) is 0 Å². The lowest BCUT2D eigenvalue weighted by atomic mass is 10.2. The van der Waals surface area contributed by atoms with Crippen molar-refractivity contribution < 1.29 is 9.53 Å². The van der Waals surface area contributed by atoms with Crippen LogP contribution in [-0.4, -0.2) is 19.1 Å². The first-order chi connectivity index (χ1) is 8.26. The minimum absolute atomic E-state index is 0.0999. The highest BCUT2D eigenvalue weighted by Crippen LogP contribution is 2.10. The molecule has 0 atom stereocenters. The van der Waals surface area contributed by atoms with Gasteiger partial charge in [-0.3, -0.25) is 4.79 Å². The van der Waals surface area contributed by atoms with Crippen LogP contribution in [0, 0.1) is 22.7 Å². The molecule has 0 heterocycles. The molecule has 0 saturated heterocycles. The largest absolute Gasteiger partial charge is 0.484 e. The molecular formula is C12H11N3O2. The van der Waals surface area contributed by atoms with E-state index in [9.17, 15) is 4.79 Å². The zero-order valence-corrected chi connectivity index (χ0v) is 9.14. The number of nitriles is 2. The van der Waals surface area contributed by atoms with Crippen molar-refractivity contribution in [1.82, 2.24) is 5.32 Å². The second-order valence-corrected chi connectivity index (χ2v) is 3.18. The molecule has 5 nitrogen and oxygen atoms in total. The van der Waals surface area contributed by atoms with E-state index in [0.29, 0.717) is 17.9 Å². The quantitative estimate of drug-likeness (QED) is 0.762. The Bertz CT molecular complexity index is 454. The number of amides is 1. The highest BCUT2D eigenvalue weighted by atomic mass is 16.5. The van der Waals surface area contributed by atoms with Gasteiger partial charge in [0.1, 0.15) is 5.75 Å². The maximum absolute atomic E-state index is 11.2. The first-order valence-electron chi connectivity index (χ1n) is 5.03. The normalized spacial score (nSPS) is 8.82. The third-order valence-electron chi connectivity index (χ3n) is 1.91. The summed E-state index contributed by atoms with van der Waals surface area (Å²) >= 11 is 0. The van der Waals surface area contributed by atoms with Crippen LogP contribution in [0.5, 0.6) is 5.75 Å². The molecule has 1 rings (SSSR count). The van der Waals surface area contributed by atoms with Gasteiger partial charge in [-0.2, -0.15) is 10.5 Å². The fourth-order valence-electron chi connectivity index (χ4n) is 1.08. The molecular weight excluding hydrogens is 218 g/mol. The van der Waals surface area contributed by atoms with Gasteiger partial charge in [0.15, 0.2) is 6.61 Å². The first kappa shape index (κ1) is 12.5. The topological polar surface area (TPSA) is 85.9 Å². The van der Waals surface area contributed by atoms with Gasteiger partial charge >= 0.3 is 0 Å². The molecule has 0 radical (unpaired) electrons. The predicted molar refractivity (Wildman–Crippen MR) is 59.9 cm³/mol. The fourth-order valence-corrected chi connectivity index (χ4v) is 1.08. The summed E-state index contributed by atoms with van der Waals surface area (Å²) in [6, 6.07) is 10.4. The molecule has 0 fully saturated rings. The Morgan fingerprint density at radius 2 is 2.00 bits per heavy atom. The van der Waals surface area contributed by atoms with Crippen LogP contribution in [0.15, 0.2) is 24.3 Å². The number of hydrogen-bond donors (Lipinski definition) is 1. The van der Waals surface area contributed by atoms with Gasteiger partial charge in [-0.15, -0.1) is 0 Å². The molecule has 0 spiro atoms. The van der Waals surface area contributed by atoms with E-state index < -0.39 is 0 Å². The van der Waals surface area contributed by atoms with E-state index in [1.165, 1.54) is 0 Å². The number of ether oxygens (including phenoxy) is 1. The summed E-state index contributed by atoms with van der Waals surface area (Å²) in [6.45, 7) is 0.226. The lowest BCUT2D eigenvalue weighted by Crippen LogP contribution is -2.29. The molecule has 0 aromatic heterocycles. The Labute approximate surface area is 99.2 Å². The predicted octanol–water partition coefficient (Wildman–Crippen LogP) is 0.967. The van der Waals surface area contributed by atoms with Crippen molar-refractivity contribution in [2.75, 3.05) is 13.2 Å². The molecule has 86 valence electrons. The van der Waals surface area contributed by atoms with E-state index >= 15 is 0 Å². The first-order valence-corrected chi connectivity index (χ1v) is 5.03. The third-order valence-corrected chi connectivity index (χ3v) is 1.91. The molecule has 1 N–H and O–H groups in total. The smallest absolute Gasteiger partial charge is 0.257 e. The fraction of sp³-hybridized carbons (Fsp3) is 0.250. The molecule has 0 unspecified atom stereocenters. The zero-order valence-electron chi connectivity index (χ0n) is 9.14. The van der Waals surface area contributed by atoms with Gasteiger partial charge in [0.2, 0.25) is 0 Å². The van der Waals surface area contributed by atoms with Gasteiger partial charge in [0, 0.05) is 6.54 Å². The van der Waals surface area contributed by atoms with Crippen LogP contribution in [-0.2, 0) is 4.79 Å². The average molecular weight is 229 g/mol. The van der Waals surface area contributed by atoms with E-state index in [2.05, 4.69) is 5.32 Å². The van der Waals surface area contributed by atoms with Crippen LogP contribution in [0.25, 0.3) is 0 Å². The summed E-state index contributed by atoms with van der Waals surface area (Å²) in [5, 5.41) is 19.4. The Balaban J connectivity index is 2.33. The van der Waals surface area contributed by atoms with Crippen molar-refractivity contribution in [3.8, 4) is 17.9 Å². The monoisotopic (exact) mass is 229 g/mol. The summed E-state index contributed by atoms with van der Waals surface area (Å²) in [6.07, 6.45) is 0.280. The van der Waals surface area contributed by atoms with Crippen LogP contribution < -0.4 is 10.1 Å². The van der Waals surface area contributed by atoms with Gasteiger partial charge in [0.05, 0.1) is 24.1 Å². The summed E-state index contributed by atoms with van der Waals surface area (Å²) < 4.78 is 5.19. The Hall–Kier alpha value is -2.53. The minimum Gasteiger partial charge on any atom is -0.484 e. The second kappa shape index (κ2) is 6.86. The number of nitrogens with one attached hydrogen (secondary N) is 1. The maximum Gasteiger partial charge on any atom is 0.257 e. The summed E-state index contributed by atoms with van der Waals surface area (Å²) in [4.78, 5) is 11.2. The van der Waals surface area contributed by atoms with Crippen LogP contribution >= 0.6 is 0 Å². The Kier molecular flexibility index (Phi) is 5.06. The van der Waals surface area contributed by atoms with Gasteiger partial charge < -0.3 is 10.1 Å². The van der Waals surface area contributed by atoms with Crippen molar-refractivity contribution in [2.24, 2.45) is 0 Å². The number of carbonyl (C=O) groups excluding carboxylic acids is 1. The van der Waals surface area contributed by atoms with Gasteiger partial charge in [-0.1, -0.05) is 0 Å². The molecule has 0 saturated carbocycles. The molecule has 0 aliphatic rings. The summed E-state index contributed by atoms with van der Waals surface area (Å²) in [7, 11) is 0. The van der Waals surface area contributed by atoms with E-state index in [1.54, 1.807) is 24.3 Å². The van der Waals surface area contributed by atoms with Gasteiger partial charge in [-0.25, -0.2) is 0 Å². The third kappa shape index (κ3) is 4.67. The van der Waals surface area contributed by atoms with Crippen molar-refractivity contribution >= 4 is 5.91 Å². The number of rotatable bonds is 5. The van der Waals surface area contributed by atoms with Crippen LogP contribution in [0.4, 0.5) is 0 Å². The molecule has 1 amide bonds. The van der Waals surface area contributed by atoms with E-state index in [1.807, 2.05) is 12.1 Å². The summed E-state index contributed by atoms with van der Waals surface area (Å²) in [5.74, 6) is 0.254. The van der Waals surface area contributed by atoms with E-state index in [4.69, 9.17) is 15.3 Å².